The van der Waals surface area contributed by atoms with Gasteiger partial charge in [0.15, 0.2) is 12.8 Å². The van der Waals surface area contributed by atoms with Gasteiger partial charge in [0.05, 0.1) is 12.0 Å². The Kier molecular flexibility index (Phi) is 19.0. The van der Waals surface area contributed by atoms with Crippen molar-refractivity contribution in [3.8, 4) is 5.75 Å². The number of rotatable bonds is 21. The molecular weight excluding hydrogens is 779 g/mol. The van der Waals surface area contributed by atoms with Crippen molar-refractivity contribution in [2.24, 2.45) is 17.8 Å². The summed E-state index contributed by atoms with van der Waals surface area (Å²) in [5.41, 5.74) is 1.51. The van der Waals surface area contributed by atoms with Gasteiger partial charge in [-0.2, -0.15) is 0 Å². The fraction of sp³-hybridized carbons (Fsp3) is 0.605. The third kappa shape index (κ3) is 15.1. The number of carbonyl (C=O) groups excluding carboxylic acids is 5. The smallest absolute Gasteiger partial charge is 0.332 e. The largest absolute Gasteiger partial charge is 0.508 e. The first kappa shape index (κ1) is 48.5. The Morgan fingerprint density at radius 2 is 1.69 bits per heavy atom. The van der Waals surface area contributed by atoms with E-state index in [0.717, 1.165) is 36.3 Å². The van der Waals surface area contributed by atoms with Crippen molar-refractivity contribution < 1.29 is 48.5 Å². The molecule has 4 N–H and O–H groups in total. The standard InChI is InChI=1S/C43H63N5O10S/c1-10-27(6)38(46-40(53)34-13-11-12-18-47(34)9)42(54)48(24-57-37(51)19-25(2)3)35(26(4)5)22-36(58-29(8)49)41-45-33(23-59-41)39(52)44-31(20-28(7)43(55)56)21-30-14-16-32(50)17-15-30/h14-17,19,23,26-28,31,34-36,38,50H,10-13,18,20-22,24H2,1-9H3,(H,44,52)(H,46,53)(H,55,56). The van der Waals surface area contributed by atoms with E-state index in [2.05, 4.69) is 15.6 Å². The number of esters is 2. The summed E-state index contributed by atoms with van der Waals surface area (Å²) in [4.78, 5) is 87.3. The van der Waals surface area contributed by atoms with E-state index >= 15 is 0 Å². The minimum atomic E-state index is -1.03. The van der Waals surface area contributed by atoms with Crippen LogP contribution >= 0.6 is 11.3 Å². The van der Waals surface area contributed by atoms with Crippen molar-refractivity contribution in [1.29, 1.82) is 0 Å². The van der Waals surface area contributed by atoms with Crippen LogP contribution in [0, 0.1) is 17.8 Å². The normalized spacial score (nSPS) is 17.4. The highest BCUT2D eigenvalue weighted by Gasteiger charge is 2.39. The first-order valence-electron chi connectivity index (χ1n) is 20.4. The van der Waals surface area contributed by atoms with E-state index in [9.17, 15) is 39.0 Å². The molecule has 15 nitrogen and oxygen atoms in total. The summed E-state index contributed by atoms with van der Waals surface area (Å²) >= 11 is 1.09. The maximum Gasteiger partial charge on any atom is 0.332 e. The van der Waals surface area contributed by atoms with Gasteiger partial charge in [-0.1, -0.05) is 65.2 Å². The maximum atomic E-state index is 14.8. The van der Waals surface area contributed by atoms with Crippen LogP contribution in [0.3, 0.4) is 0 Å². The number of likely N-dealkylation sites (N-methyl/N-ethyl adjacent to an activating group) is 1. The molecule has 0 spiro atoms. The van der Waals surface area contributed by atoms with Crippen LogP contribution in [0.2, 0.25) is 0 Å². The van der Waals surface area contributed by atoms with Gasteiger partial charge in [0.2, 0.25) is 11.8 Å². The molecule has 0 aliphatic carbocycles. The van der Waals surface area contributed by atoms with Gasteiger partial charge in [0, 0.05) is 36.9 Å². The fourth-order valence-electron chi connectivity index (χ4n) is 7.07. The number of carboxylic acid groups (broad SMARTS) is 1. The number of ether oxygens (including phenoxy) is 2. The highest BCUT2D eigenvalue weighted by atomic mass is 32.1. The van der Waals surface area contributed by atoms with Gasteiger partial charge in [0.1, 0.15) is 22.5 Å². The Hall–Kier alpha value is -4.83. The molecule has 0 bridgehead atoms. The van der Waals surface area contributed by atoms with Gasteiger partial charge >= 0.3 is 17.9 Å². The lowest BCUT2D eigenvalue weighted by Crippen LogP contribution is -2.59. The molecule has 7 unspecified atom stereocenters. The third-order valence-electron chi connectivity index (χ3n) is 10.7. The second kappa shape index (κ2) is 23.1. The summed E-state index contributed by atoms with van der Waals surface area (Å²) < 4.78 is 11.5. The van der Waals surface area contributed by atoms with Gasteiger partial charge < -0.3 is 35.2 Å². The van der Waals surface area contributed by atoms with Crippen molar-refractivity contribution in [3.63, 3.8) is 0 Å². The molecule has 1 aliphatic rings. The van der Waals surface area contributed by atoms with Crippen LogP contribution < -0.4 is 10.6 Å². The molecule has 2 aromatic rings. The molecule has 0 radical (unpaired) electrons. The number of aromatic hydroxyl groups is 1. The lowest BCUT2D eigenvalue weighted by atomic mass is 9.92. The number of allylic oxidation sites excluding steroid dienone is 1. The minimum Gasteiger partial charge on any atom is -0.508 e. The number of benzene rings is 1. The van der Waals surface area contributed by atoms with Gasteiger partial charge in [0.25, 0.3) is 5.91 Å². The van der Waals surface area contributed by atoms with Crippen molar-refractivity contribution >= 4 is 47.0 Å². The Morgan fingerprint density at radius 1 is 1.02 bits per heavy atom. The number of likely N-dealkylation sites (tertiary alicyclic amines) is 1. The van der Waals surface area contributed by atoms with Crippen molar-refractivity contribution in [2.75, 3.05) is 20.3 Å². The third-order valence-corrected chi connectivity index (χ3v) is 11.6. The number of nitrogens with zero attached hydrogens (tertiary/aromatic N) is 3. The molecule has 1 fully saturated rings. The van der Waals surface area contributed by atoms with Crippen LogP contribution in [0.5, 0.6) is 5.75 Å². The van der Waals surface area contributed by atoms with E-state index in [1.54, 1.807) is 32.9 Å². The van der Waals surface area contributed by atoms with Gasteiger partial charge in [-0.3, -0.25) is 28.9 Å². The summed E-state index contributed by atoms with van der Waals surface area (Å²) in [6.45, 7) is 14.2. The molecule has 3 amide bonds. The highest BCUT2D eigenvalue weighted by Crippen LogP contribution is 2.32. The summed E-state index contributed by atoms with van der Waals surface area (Å²) in [6, 6.07) is 3.78. The predicted molar refractivity (Wildman–Crippen MR) is 223 cm³/mol. The quantitative estimate of drug-likeness (QED) is 0.0686. The highest BCUT2D eigenvalue weighted by molar-refractivity contribution is 7.09. The molecule has 0 saturated carbocycles. The Balaban J connectivity index is 1.97. The zero-order valence-corrected chi connectivity index (χ0v) is 36.7. The second-order valence-corrected chi connectivity index (χ2v) is 17.1. The first-order chi connectivity index (χ1) is 27.8. The van der Waals surface area contributed by atoms with E-state index in [-0.39, 0.29) is 53.1 Å². The number of phenols is 1. The summed E-state index contributed by atoms with van der Waals surface area (Å²) in [5.74, 6) is -4.80. The number of nitrogens with one attached hydrogen (secondary N) is 2. The number of aromatic nitrogens is 1. The van der Waals surface area contributed by atoms with Crippen molar-refractivity contribution in [3.05, 3.63) is 57.6 Å². The minimum absolute atomic E-state index is 0.0178. The molecule has 1 aromatic carbocycles. The molecule has 7 atom stereocenters. The van der Waals surface area contributed by atoms with E-state index in [1.165, 1.54) is 35.4 Å². The Morgan fingerprint density at radius 3 is 2.27 bits per heavy atom. The molecule has 2 heterocycles. The number of aliphatic carboxylic acids is 1. The zero-order chi connectivity index (χ0) is 44.0. The number of thiazole rings is 1. The van der Waals surface area contributed by atoms with Crippen LogP contribution in [0.25, 0.3) is 0 Å². The number of hydrogen-bond acceptors (Lipinski definition) is 12. The number of carboxylic acids is 1. The topological polar surface area (TPSA) is 205 Å². The molecule has 326 valence electrons. The van der Waals surface area contributed by atoms with Crippen LogP contribution in [-0.2, 0) is 39.9 Å². The summed E-state index contributed by atoms with van der Waals surface area (Å²) in [5, 5.41) is 27.1. The van der Waals surface area contributed by atoms with Crippen molar-refractivity contribution in [2.45, 2.75) is 131 Å². The van der Waals surface area contributed by atoms with Crippen LogP contribution in [0.4, 0.5) is 0 Å². The average molecular weight is 842 g/mol. The lowest BCUT2D eigenvalue weighted by Gasteiger charge is -2.39. The molecule has 16 heteroatoms. The number of hydrogen-bond donors (Lipinski definition) is 4. The molecule has 1 aromatic heterocycles. The lowest BCUT2D eigenvalue weighted by molar-refractivity contribution is -0.157. The van der Waals surface area contributed by atoms with Crippen molar-refractivity contribution in [1.82, 2.24) is 25.4 Å². The number of phenolic OH excluding ortho intramolecular Hbond substituents is 1. The molecule has 3 rings (SSSR count). The Bertz CT molecular complexity index is 1780. The zero-order valence-electron chi connectivity index (χ0n) is 35.9. The molecule has 1 aliphatic heterocycles. The first-order valence-corrected chi connectivity index (χ1v) is 21.3. The second-order valence-electron chi connectivity index (χ2n) is 16.2. The molecular formula is C43H63N5O10S. The molecule has 59 heavy (non-hydrogen) atoms. The van der Waals surface area contributed by atoms with Crippen LogP contribution in [-0.4, -0.2) is 105 Å². The number of amides is 3. The van der Waals surface area contributed by atoms with Gasteiger partial charge in [-0.05, 0) is 82.7 Å². The van der Waals surface area contributed by atoms with E-state index in [4.69, 9.17) is 9.47 Å². The number of piperidine rings is 1. The fourth-order valence-corrected chi connectivity index (χ4v) is 7.91. The number of carbonyl (C=O) groups is 6. The predicted octanol–water partition coefficient (Wildman–Crippen LogP) is 5.63. The van der Waals surface area contributed by atoms with Gasteiger partial charge in [-0.15, -0.1) is 11.3 Å². The average Bonchev–Trinajstić information content (AvgIpc) is 3.67. The molecule has 1 saturated heterocycles. The van der Waals surface area contributed by atoms with E-state index in [0.29, 0.717) is 24.8 Å². The van der Waals surface area contributed by atoms with Crippen LogP contribution in [0.15, 0.2) is 41.3 Å². The van der Waals surface area contributed by atoms with Gasteiger partial charge in [-0.25, -0.2) is 9.78 Å². The Labute approximate surface area is 351 Å². The maximum absolute atomic E-state index is 14.8. The van der Waals surface area contributed by atoms with E-state index < -0.39 is 66.6 Å². The summed E-state index contributed by atoms with van der Waals surface area (Å²) in [6.07, 6.45) is 3.85. The summed E-state index contributed by atoms with van der Waals surface area (Å²) in [7, 11) is 1.90. The van der Waals surface area contributed by atoms with Crippen LogP contribution in [0.1, 0.15) is 121 Å². The SMILES string of the molecule is CCC(C)C(NC(=O)C1CCCCN1C)C(=O)N(COC(=O)C=C(C)C)C(CC(OC(C)=O)c1nc(C(=O)NC(Cc2ccc(O)cc2)CC(C)C(=O)O)cs1)C(C)C. The monoisotopic (exact) mass is 841 g/mol. The van der Waals surface area contributed by atoms with E-state index in [1.807, 2.05) is 39.6 Å².